The molecule has 0 aliphatic heterocycles. The normalized spacial score (nSPS) is 12.5. The van der Waals surface area contributed by atoms with Gasteiger partial charge in [-0.2, -0.15) is 0 Å². The van der Waals surface area contributed by atoms with E-state index in [1.54, 1.807) is 0 Å². The van der Waals surface area contributed by atoms with Gasteiger partial charge in [-0.15, -0.1) is 0 Å². The van der Waals surface area contributed by atoms with Crippen LogP contribution in [-0.4, -0.2) is 0 Å². The van der Waals surface area contributed by atoms with E-state index in [0.29, 0.717) is 10.0 Å². The molecule has 0 aromatic heterocycles. The molecular formula is C13H9BrF3N. The lowest BCUT2D eigenvalue weighted by Gasteiger charge is -2.14. The quantitative estimate of drug-likeness (QED) is 0.893. The number of hydrogen-bond acceptors (Lipinski definition) is 1. The van der Waals surface area contributed by atoms with Crippen LogP contribution >= 0.6 is 15.9 Å². The molecule has 2 rings (SSSR count). The highest BCUT2D eigenvalue weighted by atomic mass is 79.9. The van der Waals surface area contributed by atoms with Crippen molar-refractivity contribution in [2.24, 2.45) is 5.73 Å². The van der Waals surface area contributed by atoms with E-state index in [-0.39, 0.29) is 5.56 Å². The van der Waals surface area contributed by atoms with E-state index in [4.69, 9.17) is 5.73 Å². The first-order valence-corrected chi connectivity index (χ1v) is 5.94. The van der Waals surface area contributed by atoms with Crippen LogP contribution in [0.1, 0.15) is 17.2 Å². The van der Waals surface area contributed by atoms with Gasteiger partial charge in [-0.25, -0.2) is 13.2 Å². The van der Waals surface area contributed by atoms with Gasteiger partial charge in [0.2, 0.25) is 0 Å². The molecule has 0 amide bonds. The van der Waals surface area contributed by atoms with Crippen LogP contribution in [0.4, 0.5) is 13.2 Å². The maximum absolute atomic E-state index is 13.7. The molecule has 0 heterocycles. The van der Waals surface area contributed by atoms with Crippen LogP contribution in [-0.2, 0) is 0 Å². The number of nitrogens with two attached hydrogens (primary N) is 1. The maximum Gasteiger partial charge on any atom is 0.132 e. The van der Waals surface area contributed by atoms with Gasteiger partial charge in [-0.3, -0.25) is 0 Å². The monoisotopic (exact) mass is 315 g/mol. The maximum atomic E-state index is 13.7. The van der Waals surface area contributed by atoms with E-state index < -0.39 is 23.5 Å². The third-order valence-corrected chi connectivity index (χ3v) is 3.04. The fourth-order valence-corrected chi connectivity index (χ4v) is 2.09. The Hall–Kier alpha value is -1.33. The lowest BCUT2D eigenvalue weighted by molar-refractivity contribution is 0.541. The van der Waals surface area contributed by atoms with E-state index in [9.17, 15) is 13.2 Å². The van der Waals surface area contributed by atoms with Crippen molar-refractivity contribution in [2.45, 2.75) is 6.04 Å². The van der Waals surface area contributed by atoms with Gasteiger partial charge in [-0.1, -0.05) is 28.1 Å². The molecule has 0 radical (unpaired) electrons. The Balaban J connectivity index is 2.46. The summed E-state index contributed by atoms with van der Waals surface area (Å²) < 4.78 is 40.5. The number of halogens is 4. The molecule has 1 nitrogen and oxygen atoms in total. The van der Waals surface area contributed by atoms with E-state index in [1.807, 2.05) is 0 Å². The van der Waals surface area contributed by atoms with Gasteiger partial charge in [0, 0.05) is 10.0 Å². The molecule has 2 aromatic carbocycles. The molecule has 0 saturated carbocycles. The lowest BCUT2D eigenvalue weighted by atomic mass is 9.98. The van der Waals surface area contributed by atoms with Crippen molar-refractivity contribution in [2.75, 3.05) is 0 Å². The molecule has 0 aliphatic rings. The van der Waals surface area contributed by atoms with Crippen molar-refractivity contribution in [3.8, 4) is 0 Å². The summed E-state index contributed by atoms with van der Waals surface area (Å²) >= 11 is 2.99. The van der Waals surface area contributed by atoms with Gasteiger partial charge in [-0.05, 0) is 29.8 Å². The summed E-state index contributed by atoms with van der Waals surface area (Å²) in [7, 11) is 0. The SMILES string of the molecule is NC(c1ccc(F)cc1)c1c(F)cc(Br)cc1F. The summed E-state index contributed by atoms with van der Waals surface area (Å²) in [5, 5.41) is 0. The van der Waals surface area contributed by atoms with Gasteiger partial charge in [0.15, 0.2) is 0 Å². The predicted molar refractivity (Wildman–Crippen MR) is 66.5 cm³/mol. The first-order valence-electron chi connectivity index (χ1n) is 5.14. The van der Waals surface area contributed by atoms with Gasteiger partial charge < -0.3 is 5.73 Å². The summed E-state index contributed by atoms with van der Waals surface area (Å²) in [6, 6.07) is 6.51. The summed E-state index contributed by atoms with van der Waals surface area (Å²) in [6.07, 6.45) is 0. The molecule has 5 heteroatoms. The average molecular weight is 316 g/mol. The zero-order chi connectivity index (χ0) is 13.3. The van der Waals surface area contributed by atoms with E-state index in [0.717, 1.165) is 12.1 Å². The highest BCUT2D eigenvalue weighted by Crippen LogP contribution is 2.27. The van der Waals surface area contributed by atoms with Crippen LogP contribution in [0.5, 0.6) is 0 Å². The number of benzene rings is 2. The molecular weight excluding hydrogens is 307 g/mol. The fourth-order valence-electron chi connectivity index (χ4n) is 1.69. The highest BCUT2D eigenvalue weighted by Gasteiger charge is 2.19. The molecule has 0 spiro atoms. The van der Waals surface area contributed by atoms with E-state index in [2.05, 4.69) is 15.9 Å². The zero-order valence-corrected chi connectivity index (χ0v) is 10.7. The van der Waals surface area contributed by atoms with E-state index >= 15 is 0 Å². The third-order valence-electron chi connectivity index (χ3n) is 2.58. The highest BCUT2D eigenvalue weighted by molar-refractivity contribution is 9.10. The molecule has 0 fully saturated rings. The number of hydrogen-bond donors (Lipinski definition) is 1. The Morgan fingerprint density at radius 1 is 0.944 bits per heavy atom. The van der Waals surface area contributed by atoms with Gasteiger partial charge in [0.1, 0.15) is 17.5 Å². The molecule has 1 unspecified atom stereocenters. The van der Waals surface area contributed by atoms with Crippen LogP contribution in [0.3, 0.4) is 0 Å². The first-order chi connectivity index (χ1) is 8.49. The molecule has 2 aromatic rings. The molecule has 1 atom stereocenters. The number of rotatable bonds is 2. The van der Waals surface area contributed by atoms with Crippen LogP contribution in [0.2, 0.25) is 0 Å². The van der Waals surface area contributed by atoms with Crippen molar-refractivity contribution in [3.63, 3.8) is 0 Å². The van der Waals surface area contributed by atoms with Crippen molar-refractivity contribution in [3.05, 3.63) is 69.4 Å². The Labute approximate surface area is 111 Å². The van der Waals surface area contributed by atoms with Crippen LogP contribution in [0, 0.1) is 17.5 Å². The Kier molecular flexibility index (Phi) is 3.73. The second kappa shape index (κ2) is 5.12. The Bertz CT molecular complexity index is 546. The third kappa shape index (κ3) is 2.57. The van der Waals surface area contributed by atoms with Crippen molar-refractivity contribution in [1.29, 1.82) is 0 Å². The topological polar surface area (TPSA) is 26.0 Å². The minimum absolute atomic E-state index is 0.232. The average Bonchev–Trinajstić information content (AvgIpc) is 2.28. The summed E-state index contributed by atoms with van der Waals surface area (Å²) in [4.78, 5) is 0. The molecule has 18 heavy (non-hydrogen) atoms. The van der Waals surface area contributed by atoms with Crippen LogP contribution < -0.4 is 5.73 Å². The van der Waals surface area contributed by atoms with Gasteiger partial charge in [0.25, 0.3) is 0 Å². The molecule has 2 N–H and O–H groups in total. The van der Waals surface area contributed by atoms with E-state index in [1.165, 1.54) is 24.3 Å². The Morgan fingerprint density at radius 2 is 1.44 bits per heavy atom. The molecule has 0 saturated heterocycles. The molecule has 0 bridgehead atoms. The summed E-state index contributed by atoms with van der Waals surface area (Å²) in [5.74, 6) is -1.90. The lowest BCUT2D eigenvalue weighted by Crippen LogP contribution is -2.15. The van der Waals surface area contributed by atoms with Crippen LogP contribution in [0.15, 0.2) is 40.9 Å². The van der Waals surface area contributed by atoms with Crippen molar-refractivity contribution in [1.82, 2.24) is 0 Å². The zero-order valence-electron chi connectivity index (χ0n) is 9.13. The standard InChI is InChI=1S/C13H9BrF3N/c14-8-5-10(16)12(11(17)6-8)13(18)7-1-3-9(15)4-2-7/h1-6,13H,18H2. The van der Waals surface area contributed by atoms with Crippen molar-refractivity contribution < 1.29 is 13.2 Å². The van der Waals surface area contributed by atoms with Gasteiger partial charge in [0.05, 0.1) is 6.04 Å². The first kappa shape index (κ1) is 13.1. The molecule has 94 valence electrons. The predicted octanol–water partition coefficient (Wildman–Crippen LogP) is 3.91. The second-order valence-corrected chi connectivity index (χ2v) is 4.73. The summed E-state index contributed by atoms with van der Waals surface area (Å²) in [5.41, 5.74) is 6.01. The largest absolute Gasteiger partial charge is 0.320 e. The Morgan fingerprint density at radius 3 is 1.94 bits per heavy atom. The minimum Gasteiger partial charge on any atom is -0.320 e. The molecule has 0 aliphatic carbocycles. The fraction of sp³-hybridized carbons (Fsp3) is 0.0769. The second-order valence-electron chi connectivity index (χ2n) is 3.81. The van der Waals surface area contributed by atoms with Crippen molar-refractivity contribution >= 4 is 15.9 Å². The smallest absolute Gasteiger partial charge is 0.132 e. The minimum atomic E-state index is -0.973. The summed E-state index contributed by atoms with van der Waals surface area (Å²) in [6.45, 7) is 0. The van der Waals surface area contributed by atoms with Gasteiger partial charge >= 0.3 is 0 Å². The van der Waals surface area contributed by atoms with Crippen LogP contribution in [0.25, 0.3) is 0 Å².